The molecule has 0 bridgehead atoms. The lowest BCUT2D eigenvalue weighted by atomic mass is 10.2. The van der Waals surface area contributed by atoms with Gasteiger partial charge in [-0.15, -0.1) is 0 Å². The van der Waals surface area contributed by atoms with E-state index in [1.54, 1.807) is 22.9 Å². The number of thioether (sulfide) groups is 1. The van der Waals surface area contributed by atoms with Crippen molar-refractivity contribution in [3.63, 3.8) is 0 Å². The van der Waals surface area contributed by atoms with Crippen molar-refractivity contribution in [3.05, 3.63) is 42.6 Å². The second-order valence-corrected chi connectivity index (χ2v) is 9.02. The molecule has 0 saturated carbocycles. The van der Waals surface area contributed by atoms with Crippen LogP contribution in [0, 0.1) is 0 Å². The van der Waals surface area contributed by atoms with E-state index in [1.165, 1.54) is 37.4 Å². The number of nitrogens with zero attached hydrogens (tertiary/aromatic N) is 3. The zero-order chi connectivity index (χ0) is 19.8. The van der Waals surface area contributed by atoms with Gasteiger partial charge in [0.25, 0.3) is 5.24 Å². The molecule has 1 aromatic carbocycles. The molecular weight excluding hydrogens is 386 g/mol. The highest BCUT2D eigenvalue weighted by molar-refractivity contribution is 8.14. The molecule has 0 spiro atoms. The largest absolute Gasteiger partial charge is 0.303 e. The van der Waals surface area contributed by atoms with Crippen LogP contribution in [0.2, 0.25) is 0 Å². The molecule has 1 aromatic heterocycles. The van der Waals surface area contributed by atoms with Crippen molar-refractivity contribution in [1.82, 2.24) is 9.88 Å². The van der Waals surface area contributed by atoms with Crippen LogP contribution in [0.15, 0.2) is 52.4 Å². The lowest BCUT2D eigenvalue weighted by molar-refractivity contribution is 0.266. The van der Waals surface area contributed by atoms with E-state index in [2.05, 4.69) is 29.8 Å². The van der Waals surface area contributed by atoms with Crippen molar-refractivity contribution >= 4 is 40.3 Å². The van der Waals surface area contributed by atoms with Crippen molar-refractivity contribution < 1.29 is 4.79 Å². The van der Waals surface area contributed by atoms with Crippen molar-refractivity contribution in [2.75, 3.05) is 30.3 Å². The highest BCUT2D eigenvalue weighted by Crippen LogP contribution is 2.47. The number of unbranched alkanes of at least 4 members (excludes halogenated alkanes) is 2. The summed E-state index contributed by atoms with van der Waals surface area (Å²) in [5.41, 5.74) is 0.935. The van der Waals surface area contributed by atoms with Crippen molar-refractivity contribution in [1.29, 1.82) is 0 Å². The number of carbonyl (C=O) groups is 1. The van der Waals surface area contributed by atoms with Gasteiger partial charge < -0.3 is 4.90 Å². The summed E-state index contributed by atoms with van der Waals surface area (Å²) in [6.07, 6.45) is 6.61. The molecule has 1 aliphatic heterocycles. The average Bonchev–Trinajstić information content (AvgIpc) is 2.73. The summed E-state index contributed by atoms with van der Waals surface area (Å²) in [5, 5.41) is 0.0543. The minimum Gasteiger partial charge on any atom is -0.303 e. The fraction of sp³-hybridized carbons (Fsp3) is 0.455. The third-order valence-electron chi connectivity index (χ3n) is 4.76. The Balaban J connectivity index is 1.67. The molecule has 150 valence electrons. The summed E-state index contributed by atoms with van der Waals surface area (Å²) in [6.45, 7) is 7.66. The Labute approximate surface area is 177 Å². The van der Waals surface area contributed by atoms with Gasteiger partial charge in [0.15, 0.2) is 5.82 Å². The molecule has 1 aliphatic rings. The fourth-order valence-electron chi connectivity index (χ4n) is 3.20. The van der Waals surface area contributed by atoms with Crippen LogP contribution in [0.3, 0.4) is 0 Å². The van der Waals surface area contributed by atoms with Crippen molar-refractivity contribution in [2.24, 2.45) is 0 Å². The monoisotopic (exact) mass is 415 g/mol. The SMILES string of the molecule is CCCCN(CCCC)CCSC(=O)N1c2ccccc2Sc2cccnc21. The first-order valence-electron chi connectivity index (χ1n) is 10.2. The van der Waals surface area contributed by atoms with Gasteiger partial charge in [-0.2, -0.15) is 0 Å². The summed E-state index contributed by atoms with van der Waals surface area (Å²) in [6, 6.07) is 12.0. The van der Waals surface area contributed by atoms with Gasteiger partial charge in [0, 0.05) is 23.4 Å². The van der Waals surface area contributed by atoms with Gasteiger partial charge in [-0.1, -0.05) is 62.3 Å². The van der Waals surface area contributed by atoms with Gasteiger partial charge in [-0.05, 0) is 50.2 Å². The van der Waals surface area contributed by atoms with E-state index in [9.17, 15) is 4.79 Å². The molecule has 2 heterocycles. The topological polar surface area (TPSA) is 36.4 Å². The normalized spacial score (nSPS) is 12.8. The molecule has 6 heteroatoms. The highest BCUT2D eigenvalue weighted by atomic mass is 32.2. The quantitative estimate of drug-likeness (QED) is 0.471. The van der Waals surface area contributed by atoms with Gasteiger partial charge in [0.05, 0.1) is 10.6 Å². The number of benzene rings is 1. The van der Waals surface area contributed by atoms with Crippen LogP contribution in [0.5, 0.6) is 0 Å². The number of para-hydroxylation sites is 1. The first-order valence-corrected chi connectivity index (χ1v) is 12.0. The number of fused-ring (bicyclic) bond motifs is 2. The molecule has 0 fully saturated rings. The molecule has 1 amide bonds. The van der Waals surface area contributed by atoms with Gasteiger partial charge in [0.2, 0.25) is 0 Å². The number of hydrogen-bond donors (Lipinski definition) is 0. The van der Waals surface area contributed by atoms with Gasteiger partial charge in [-0.25, -0.2) is 4.98 Å². The van der Waals surface area contributed by atoms with Crippen LogP contribution in [0.25, 0.3) is 0 Å². The second kappa shape index (κ2) is 10.9. The van der Waals surface area contributed by atoms with Crippen LogP contribution < -0.4 is 4.90 Å². The molecule has 28 heavy (non-hydrogen) atoms. The van der Waals surface area contributed by atoms with E-state index in [0.29, 0.717) is 0 Å². The van der Waals surface area contributed by atoms with Crippen molar-refractivity contribution in [3.8, 4) is 0 Å². The zero-order valence-corrected chi connectivity index (χ0v) is 18.4. The summed E-state index contributed by atoms with van der Waals surface area (Å²) in [5.74, 6) is 1.55. The van der Waals surface area contributed by atoms with E-state index >= 15 is 0 Å². The lowest BCUT2D eigenvalue weighted by Crippen LogP contribution is -2.30. The summed E-state index contributed by atoms with van der Waals surface area (Å²) < 4.78 is 0. The van der Waals surface area contributed by atoms with Crippen LogP contribution in [0.1, 0.15) is 39.5 Å². The maximum absolute atomic E-state index is 13.2. The minimum absolute atomic E-state index is 0.0543. The van der Waals surface area contributed by atoms with Gasteiger partial charge in [0.1, 0.15) is 0 Å². The van der Waals surface area contributed by atoms with Gasteiger partial charge in [-0.3, -0.25) is 9.69 Å². The maximum atomic E-state index is 13.2. The number of rotatable bonds is 9. The number of hydrogen-bond acceptors (Lipinski definition) is 5. The third kappa shape index (κ3) is 5.31. The number of anilines is 2. The fourth-order valence-corrected chi connectivity index (χ4v) is 5.07. The molecule has 3 rings (SSSR count). The Morgan fingerprint density at radius 2 is 1.75 bits per heavy atom. The van der Waals surface area contributed by atoms with Crippen molar-refractivity contribution in [2.45, 2.75) is 49.3 Å². The van der Waals surface area contributed by atoms with E-state index in [1.807, 2.05) is 30.3 Å². The first-order chi connectivity index (χ1) is 13.7. The predicted molar refractivity (Wildman–Crippen MR) is 121 cm³/mol. The number of pyridine rings is 1. The standard InChI is InChI=1S/C22H29N3OS2/c1-3-5-14-24(15-6-4-2)16-17-27-22(26)25-18-10-7-8-11-19(18)28-20-12-9-13-23-21(20)25/h7-13H,3-6,14-17H2,1-2H3. The average molecular weight is 416 g/mol. The number of amides is 1. The van der Waals surface area contributed by atoms with Crippen LogP contribution in [0.4, 0.5) is 16.3 Å². The second-order valence-electron chi connectivity index (χ2n) is 6.89. The molecule has 0 saturated heterocycles. The van der Waals surface area contributed by atoms with Crippen LogP contribution in [-0.4, -0.2) is 40.5 Å². The van der Waals surface area contributed by atoms with Crippen LogP contribution in [-0.2, 0) is 0 Å². The number of carbonyl (C=O) groups excluding carboxylic acids is 1. The summed E-state index contributed by atoms with van der Waals surface area (Å²) in [7, 11) is 0. The molecular formula is C22H29N3OS2. The summed E-state index contributed by atoms with van der Waals surface area (Å²) in [4.78, 5) is 24.1. The van der Waals surface area contributed by atoms with Gasteiger partial charge >= 0.3 is 0 Å². The Bertz CT molecular complexity index is 730. The molecule has 0 unspecified atom stereocenters. The maximum Gasteiger partial charge on any atom is 0.291 e. The van der Waals surface area contributed by atoms with E-state index in [-0.39, 0.29) is 5.24 Å². The Morgan fingerprint density at radius 1 is 1.04 bits per heavy atom. The summed E-state index contributed by atoms with van der Waals surface area (Å²) >= 11 is 3.08. The Morgan fingerprint density at radius 3 is 2.50 bits per heavy atom. The van der Waals surface area contributed by atoms with Crippen LogP contribution >= 0.6 is 23.5 Å². The Hall–Kier alpha value is -1.50. The lowest BCUT2D eigenvalue weighted by Gasteiger charge is -2.29. The molecule has 0 radical (unpaired) electrons. The van der Waals surface area contributed by atoms with E-state index in [0.717, 1.165) is 46.7 Å². The molecule has 0 aliphatic carbocycles. The molecule has 0 atom stereocenters. The Kier molecular flexibility index (Phi) is 8.25. The zero-order valence-electron chi connectivity index (χ0n) is 16.8. The molecule has 4 nitrogen and oxygen atoms in total. The minimum atomic E-state index is 0.0543. The molecule has 2 aromatic rings. The first kappa shape index (κ1) is 21.2. The molecule has 0 N–H and O–H groups in total. The smallest absolute Gasteiger partial charge is 0.291 e. The number of aromatic nitrogens is 1. The third-order valence-corrected chi connectivity index (χ3v) is 6.68. The van der Waals surface area contributed by atoms with E-state index < -0.39 is 0 Å². The predicted octanol–water partition coefficient (Wildman–Crippen LogP) is 6.44. The van der Waals surface area contributed by atoms with E-state index in [4.69, 9.17) is 0 Å². The highest BCUT2D eigenvalue weighted by Gasteiger charge is 2.29.